The van der Waals surface area contributed by atoms with E-state index in [1.165, 1.54) is 18.2 Å². The molecule has 0 fully saturated rings. The van der Waals surface area contributed by atoms with Gasteiger partial charge in [-0.05, 0) is 24.6 Å². The van der Waals surface area contributed by atoms with Crippen LogP contribution in [0.1, 0.15) is 39.2 Å². The van der Waals surface area contributed by atoms with Gasteiger partial charge in [0.15, 0.2) is 0 Å². The van der Waals surface area contributed by atoms with Crippen molar-refractivity contribution in [3.8, 4) is 5.75 Å². The lowest BCUT2D eigenvalue weighted by molar-refractivity contribution is -0.138. The van der Waals surface area contributed by atoms with Crippen LogP contribution in [0, 0.1) is 5.41 Å². The van der Waals surface area contributed by atoms with Gasteiger partial charge in [-0.3, -0.25) is 9.59 Å². The second kappa shape index (κ2) is 5.30. The highest BCUT2D eigenvalue weighted by Gasteiger charge is 2.23. The lowest BCUT2D eigenvalue weighted by Crippen LogP contribution is -2.27. The Kier molecular flexibility index (Phi) is 4.19. The molecule has 0 aromatic heterocycles. The number of carboxylic acid groups (broad SMARTS) is 1. The largest absolute Gasteiger partial charge is 0.506 e. The summed E-state index contributed by atoms with van der Waals surface area (Å²) in [6.07, 6.45) is 0. The molecule has 0 bridgehead atoms. The molecule has 1 aromatic rings. The number of carbonyl (C=O) groups is 2. The van der Waals surface area contributed by atoms with E-state index in [2.05, 4.69) is 5.32 Å². The molecular weight excluding hydrogens is 246 g/mol. The van der Waals surface area contributed by atoms with Gasteiger partial charge in [0.25, 0.3) is 0 Å². The topological polar surface area (TPSA) is 86.6 Å². The Morgan fingerprint density at radius 1 is 1.26 bits per heavy atom. The fraction of sp³-hybridized carbons (Fsp3) is 0.429. The van der Waals surface area contributed by atoms with Gasteiger partial charge in [0.1, 0.15) is 5.75 Å². The van der Waals surface area contributed by atoms with Crippen molar-refractivity contribution in [3.63, 3.8) is 0 Å². The molecular formula is C14H19NO4. The van der Waals surface area contributed by atoms with Crippen LogP contribution in [0.4, 0.5) is 5.69 Å². The molecule has 1 aromatic carbocycles. The zero-order chi connectivity index (χ0) is 14.8. The van der Waals surface area contributed by atoms with Gasteiger partial charge in [0.2, 0.25) is 5.91 Å². The Bertz CT molecular complexity index is 503. The second-order valence-corrected chi connectivity index (χ2v) is 5.54. The van der Waals surface area contributed by atoms with E-state index in [1.54, 1.807) is 27.7 Å². The van der Waals surface area contributed by atoms with Crippen molar-refractivity contribution < 1.29 is 19.8 Å². The molecule has 104 valence electrons. The maximum atomic E-state index is 11.9. The number of hydrogen-bond acceptors (Lipinski definition) is 3. The van der Waals surface area contributed by atoms with Gasteiger partial charge in [0, 0.05) is 5.41 Å². The molecule has 5 nitrogen and oxygen atoms in total. The van der Waals surface area contributed by atoms with Crippen molar-refractivity contribution in [1.29, 1.82) is 0 Å². The summed E-state index contributed by atoms with van der Waals surface area (Å²) in [5.41, 5.74) is 0.154. The third-order valence-corrected chi connectivity index (χ3v) is 2.82. The van der Waals surface area contributed by atoms with Crippen LogP contribution in [0.2, 0.25) is 0 Å². The monoisotopic (exact) mass is 265 g/mol. The number of aromatic hydroxyl groups is 1. The van der Waals surface area contributed by atoms with Crippen molar-refractivity contribution in [2.24, 2.45) is 5.41 Å². The van der Waals surface area contributed by atoms with Crippen molar-refractivity contribution in [1.82, 2.24) is 0 Å². The summed E-state index contributed by atoms with van der Waals surface area (Å²) in [4.78, 5) is 22.8. The number of amides is 1. The number of aliphatic carboxylic acids is 1. The van der Waals surface area contributed by atoms with Gasteiger partial charge in [-0.1, -0.05) is 26.8 Å². The van der Waals surface area contributed by atoms with Crippen LogP contribution in [0.15, 0.2) is 18.2 Å². The zero-order valence-corrected chi connectivity index (χ0v) is 11.5. The molecule has 0 aliphatic heterocycles. The number of anilines is 1. The Balaban J connectivity index is 3.05. The normalized spacial score (nSPS) is 12.8. The number of carbonyl (C=O) groups excluding carboxylic acids is 1. The fourth-order valence-corrected chi connectivity index (χ4v) is 1.38. The SMILES string of the molecule is CC(C(=O)O)c1ccc(O)c(NC(=O)C(C)(C)C)c1. The predicted octanol–water partition coefficient (Wildman–Crippen LogP) is 2.56. The number of hydrogen-bond donors (Lipinski definition) is 3. The van der Waals surface area contributed by atoms with Crippen molar-refractivity contribution in [2.45, 2.75) is 33.6 Å². The van der Waals surface area contributed by atoms with Crippen LogP contribution in [0.3, 0.4) is 0 Å². The van der Waals surface area contributed by atoms with Crippen LogP contribution in [0.25, 0.3) is 0 Å². The highest BCUT2D eigenvalue weighted by molar-refractivity contribution is 5.96. The first-order valence-corrected chi connectivity index (χ1v) is 6.00. The maximum absolute atomic E-state index is 11.9. The van der Waals surface area contributed by atoms with Gasteiger partial charge < -0.3 is 15.5 Å². The maximum Gasteiger partial charge on any atom is 0.310 e. The molecule has 3 N–H and O–H groups in total. The zero-order valence-electron chi connectivity index (χ0n) is 11.5. The van der Waals surface area contributed by atoms with E-state index in [4.69, 9.17) is 5.11 Å². The van der Waals surface area contributed by atoms with E-state index in [0.717, 1.165) is 0 Å². The third-order valence-electron chi connectivity index (χ3n) is 2.82. The Labute approximate surface area is 112 Å². The molecule has 0 heterocycles. The number of phenols is 1. The molecule has 1 unspecified atom stereocenters. The Morgan fingerprint density at radius 3 is 2.32 bits per heavy atom. The van der Waals surface area contributed by atoms with Gasteiger partial charge in [0.05, 0.1) is 11.6 Å². The van der Waals surface area contributed by atoms with Gasteiger partial charge in [-0.15, -0.1) is 0 Å². The van der Waals surface area contributed by atoms with E-state index in [9.17, 15) is 14.7 Å². The molecule has 19 heavy (non-hydrogen) atoms. The number of rotatable bonds is 3. The van der Waals surface area contributed by atoms with Crippen LogP contribution < -0.4 is 5.32 Å². The molecule has 0 aliphatic carbocycles. The minimum Gasteiger partial charge on any atom is -0.506 e. The van der Waals surface area contributed by atoms with E-state index in [1.807, 2.05) is 0 Å². The Hall–Kier alpha value is -2.04. The van der Waals surface area contributed by atoms with Gasteiger partial charge >= 0.3 is 5.97 Å². The lowest BCUT2D eigenvalue weighted by atomic mass is 9.95. The number of phenolic OH excluding ortho intramolecular Hbond substituents is 1. The van der Waals surface area contributed by atoms with Crippen molar-refractivity contribution >= 4 is 17.6 Å². The first-order valence-electron chi connectivity index (χ1n) is 6.00. The number of nitrogens with one attached hydrogen (secondary N) is 1. The minimum absolute atomic E-state index is 0.0843. The van der Waals surface area contributed by atoms with E-state index in [0.29, 0.717) is 5.56 Å². The average molecular weight is 265 g/mol. The molecule has 0 aliphatic rings. The third kappa shape index (κ3) is 3.71. The van der Waals surface area contributed by atoms with Crippen LogP contribution in [0.5, 0.6) is 5.75 Å². The lowest BCUT2D eigenvalue weighted by Gasteiger charge is -2.19. The quantitative estimate of drug-likeness (QED) is 0.733. The van der Waals surface area contributed by atoms with Crippen LogP contribution in [-0.4, -0.2) is 22.1 Å². The molecule has 5 heteroatoms. The molecule has 0 saturated heterocycles. The highest BCUT2D eigenvalue weighted by Crippen LogP contribution is 2.29. The summed E-state index contributed by atoms with van der Waals surface area (Å²) >= 11 is 0. The second-order valence-electron chi connectivity index (χ2n) is 5.54. The molecule has 1 rings (SSSR count). The summed E-state index contributed by atoms with van der Waals surface area (Å²) < 4.78 is 0. The standard InChI is InChI=1S/C14H19NO4/c1-8(12(17)18)9-5-6-11(16)10(7-9)15-13(19)14(2,3)4/h5-8,16H,1-4H3,(H,15,19)(H,17,18). The Morgan fingerprint density at radius 2 is 1.84 bits per heavy atom. The predicted molar refractivity (Wildman–Crippen MR) is 72.2 cm³/mol. The summed E-state index contributed by atoms with van der Waals surface area (Å²) in [5.74, 6) is -1.99. The van der Waals surface area contributed by atoms with E-state index < -0.39 is 17.3 Å². The number of carboxylic acids is 1. The van der Waals surface area contributed by atoms with Crippen molar-refractivity contribution in [3.05, 3.63) is 23.8 Å². The number of benzene rings is 1. The highest BCUT2D eigenvalue weighted by atomic mass is 16.4. The molecule has 0 saturated carbocycles. The van der Waals surface area contributed by atoms with E-state index >= 15 is 0 Å². The molecule has 0 spiro atoms. The van der Waals surface area contributed by atoms with Gasteiger partial charge in [-0.2, -0.15) is 0 Å². The summed E-state index contributed by atoms with van der Waals surface area (Å²) in [5, 5.41) is 21.3. The van der Waals surface area contributed by atoms with Gasteiger partial charge in [-0.25, -0.2) is 0 Å². The smallest absolute Gasteiger partial charge is 0.310 e. The first-order chi connectivity index (χ1) is 8.62. The first kappa shape index (κ1) is 15.0. The van der Waals surface area contributed by atoms with Crippen LogP contribution in [-0.2, 0) is 9.59 Å². The average Bonchev–Trinajstić information content (AvgIpc) is 2.29. The van der Waals surface area contributed by atoms with Crippen molar-refractivity contribution in [2.75, 3.05) is 5.32 Å². The summed E-state index contributed by atoms with van der Waals surface area (Å²) in [6, 6.07) is 4.39. The fourth-order valence-electron chi connectivity index (χ4n) is 1.38. The van der Waals surface area contributed by atoms with Crippen LogP contribution >= 0.6 is 0 Å². The summed E-state index contributed by atoms with van der Waals surface area (Å²) in [6.45, 7) is 6.80. The summed E-state index contributed by atoms with van der Waals surface area (Å²) in [7, 11) is 0. The molecule has 0 radical (unpaired) electrons. The van der Waals surface area contributed by atoms with E-state index in [-0.39, 0.29) is 17.3 Å². The molecule has 1 atom stereocenters. The minimum atomic E-state index is -0.959. The molecule has 1 amide bonds.